The second-order valence-electron chi connectivity index (χ2n) is 2.32. The largest absolute Gasteiger partial charge is 0.207 e. The summed E-state index contributed by atoms with van der Waals surface area (Å²) in [5, 5.41) is 0.420. The highest BCUT2D eigenvalue weighted by atomic mass is 31.0. The lowest BCUT2D eigenvalue weighted by Gasteiger charge is -2.01. The average molecular weight is 174 g/mol. The fourth-order valence-electron chi connectivity index (χ4n) is 0.884. The highest BCUT2D eigenvalue weighted by Gasteiger charge is 2.04. The van der Waals surface area contributed by atoms with Crippen LogP contribution in [0.25, 0.3) is 0 Å². The molecule has 0 saturated heterocycles. The van der Waals surface area contributed by atoms with Crippen LogP contribution in [0.1, 0.15) is 12.5 Å². The predicted octanol–water partition coefficient (Wildman–Crippen LogP) is 2.03. The van der Waals surface area contributed by atoms with E-state index in [0.717, 1.165) is 6.07 Å². The van der Waals surface area contributed by atoms with E-state index in [4.69, 9.17) is 0 Å². The smallest absolute Gasteiger partial charge is 0.133 e. The van der Waals surface area contributed by atoms with E-state index >= 15 is 0 Å². The Morgan fingerprint density at radius 3 is 2.45 bits per heavy atom. The molecule has 60 valence electrons. The summed E-state index contributed by atoms with van der Waals surface area (Å²) in [7, 11) is 2.23. The van der Waals surface area contributed by atoms with Gasteiger partial charge in [-0.25, -0.2) is 8.78 Å². The van der Waals surface area contributed by atoms with Crippen LogP contribution in [0.4, 0.5) is 8.78 Å². The molecular formula is C8H9F2P. The maximum atomic E-state index is 12.8. The van der Waals surface area contributed by atoms with Crippen LogP contribution in [-0.4, -0.2) is 0 Å². The molecule has 0 amide bonds. The molecule has 0 heterocycles. The van der Waals surface area contributed by atoms with E-state index in [1.165, 1.54) is 6.07 Å². The summed E-state index contributed by atoms with van der Waals surface area (Å²) in [4.78, 5) is 0. The molecule has 3 heteroatoms. The molecule has 11 heavy (non-hydrogen) atoms. The SMILES string of the molecule is CCc1cc(P)c(F)cc1F. The minimum atomic E-state index is -0.510. The second-order valence-corrected chi connectivity index (χ2v) is 2.94. The average Bonchev–Trinajstić information content (AvgIpc) is 1.97. The number of halogens is 2. The molecule has 1 aromatic rings. The Bertz CT molecular complexity index is 271. The van der Waals surface area contributed by atoms with Crippen LogP contribution in [0.2, 0.25) is 0 Å². The van der Waals surface area contributed by atoms with Gasteiger partial charge in [0.2, 0.25) is 0 Å². The van der Waals surface area contributed by atoms with E-state index in [1.807, 2.05) is 6.92 Å². The maximum absolute atomic E-state index is 12.8. The van der Waals surface area contributed by atoms with Gasteiger partial charge in [0.05, 0.1) is 0 Å². The lowest BCUT2D eigenvalue weighted by atomic mass is 10.1. The third-order valence-corrected chi connectivity index (χ3v) is 1.99. The van der Waals surface area contributed by atoms with E-state index in [-0.39, 0.29) is 0 Å². The van der Waals surface area contributed by atoms with Gasteiger partial charge in [0, 0.05) is 11.4 Å². The highest BCUT2D eigenvalue weighted by molar-refractivity contribution is 7.27. The summed E-state index contributed by atoms with van der Waals surface area (Å²) in [6.07, 6.45) is 0.591. The van der Waals surface area contributed by atoms with Crippen LogP contribution < -0.4 is 5.30 Å². The van der Waals surface area contributed by atoms with Gasteiger partial charge >= 0.3 is 0 Å². The van der Waals surface area contributed by atoms with Crippen LogP contribution >= 0.6 is 9.24 Å². The molecule has 0 N–H and O–H groups in total. The van der Waals surface area contributed by atoms with Crippen LogP contribution in [0.3, 0.4) is 0 Å². The number of benzene rings is 1. The molecular weight excluding hydrogens is 165 g/mol. The molecule has 0 spiro atoms. The van der Waals surface area contributed by atoms with Gasteiger partial charge in [0.1, 0.15) is 11.6 Å². The summed E-state index contributed by atoms with van der Waals surface area (Å²) in [6, 6.07) is 2.43. The molecule has 0 nitrogen and oxygen atoms in total. The zero-order valence-electron chi connectivity index (χ0n) is 6.20. The van der Waals surface area contributed by atoms with E-state index in [9.17, 15) is 8.78 Å². The van der Waals surface area contributed by atoms with Crippen LogP contribution in [-0.2, 0) is 6.42 Å². The van der Waals surface area contributed by atoms with E-state index < -0.39 is 11.6 Å². The van der Waals surface area contributed by atoms with Crippen molar-refractivity contribution in [2.75, 3.05) is 0 Å². The number of rotatable bonds is 1. The highest BCUT2D eigenvalue weighted by Crippen LogP contribution is 2.10. The lowest BCUT2D eigenvalue weighted by Crippen LogP contribution is -2.02. The molecule has 1 unspecified atom stereocenters. The zero-order valence-corrected chi connectivity index (χ0v) is 7.35. The topological polar surface area (TPSA) is 0 Å². The summed E-state index contributed by atoms with van der Waals surface area (Å²) in [5.41, 5.74) is 0.552. The van der Waals surface area contributed by atoms with Crippen molar-refractivity contribution in [3.63, 3.8) is 0 Å². The molecule has 0 aliphatic carbocycles. The fourth-order valence-corrected chi connectivity index (χ4v) is 1.17. The monoisotopic (exact) mass is 174 g/mol. The number of aryl methyl sites for hydroxylation is 1. The van der Waals surface area contributed by atoms with Gasteiger partial charge in [-0.3, -0.25) is 0 Å². The molecule has 0 aliphatic rings. The van der Waals surface area contributed by atoms with Crippen molar-refractivity contribution in [2.24, 2.45) is 0 Å². The molecule has 1 rings (SSSR count). The minimum absolute atomic E-state index is 0.420. The Morgan fingerprint density at radius 1 is 1.27 bits per heavy atom. The summed E-state index contributed by atoms with van der Waals surface area (Å²) in [6.45, 7) is 1.83. The molecule has 0 aromatic heterocycles. The predicted molar refractivity (Wildman–Crippen MR) is 45.1 cm³/mol. The van der Waals surface area contributed by atoms with Gasteiger partial charge < -0.3 is 0 Å². The van der Waals surface area contributed by atoms with Gasteiger partial charge in [-0.05, 0) is 18.1 Å². The van der Waals surface area contributed by atoms with Crippen molar-refractivity contribution in [1.82, 2.24) is 0 Å². The van der Waals surface area contributed by atoms with Crippen molar-refractivity contribution in [3.05, 3.63) is 29.3 Å². The molecule has 0 bridgehead atoms. The van der Waals surface area contributed by atoms with Gasteiger partial charge in [-0.15, -0.1) is 9.24 Å². The normalized spacial score (nSPS) is 10.2. The third-order valence-electron chi connectivity index (χ3n) is 1.55. The van der Waals surface area contributed by atoms with E-state index in [0.29, 0.717) is 17.3 Å². The van der Waals surface area contributed by atoms with Gasteiger partial charge in [0.25, 0.3) is 0 Å². The Labute approximate surface area is 66.8 Å². The van der Waals surface area contributed by atoms with Crippen LogP contribution in [0.5, 0.6) is 0 Å². The van der Waals surface area contributed by atoms with Crippen molar-refractivity contribution in [1.29, 1.82) is 0 Å². The Balaban J connectivity index is 3.21. The van der Waals surface area contributed by atoms with Crippen molar-refractivity contribution >= 4 is 14.5 Å². The maximum Gasteiger partial charge on any atom is 0.133 e. The first-order valence-corrected chi connectivity index (χ1v) is 3.96. The van der Waals surface area contributed by atoms with Crippen molar-refractivity contribution in [3.8, 4) is 0 Å². The third kappa shape index (κ3) is 1.75. The lowest BCUT2D eigenvalue weighted by molar-refractivity contribution is 0.578. The standard InChI is InChI=1S/C8H9F2P/c1-2-5-3-8(11)7(10)4-6(5)9/h3-4H,2,11H2,1H3. The molecule has 0 aliphatic heterocycles. The Kier molecular flexibility index (Phi) is 2.56. The summed E-state index contributed by atoms with van der Waals surface area (Å²) >= 11 is 0. The summed E-state index contributed by atoms with van der Waals surface area (Å²) in [5.74, 6) is -0.971. The van der Waals surface area contributed by atoms with Gasteiger partial charge in [0.15, 0.2) is 0 Å². The van der Waals surface area contributed by atoms with Crippen LogP contribution in [0, 0.1) is 11.6 Å². The Hall–Kier alpha value is -0.490. The first-order valence-electron chi connectivity index (χ1n) is 3.38. The first kappa shape index (κ1) is 8.61. The van der Waals surface area contributed by atoms with Crippen LogP contribution in [0.15, 0.2) is 12.1 Å². The molecule has 0 fully saturated rings. The molecule has 0 saturated carbocycles. The minimum Gasteiger partial charge on any atom is -0.207 e. The van der Waals surface area contributed by atoms with E-state index in [1.54, 1.807) is 0 Å². The fraction of sp³-hybridized carbons (Fsp3) is 0.250. The molecule has 0 radical (unpaired) electrons. The second kappa shape index (κ2) is 3.27. The van der Waals surface area contributed by atoms with Crippen molar-refractivity contribution in [2.45, 2.75) is 13.3 Å². The quantitative estimate of drug-likeness (QED) is 0.571. The van der Waals surface area contributed by atoms with Crippen molar-refractivity contribution < 1.29 is 8.78 Å². The molecule has 1 atom stereocenters. The first-order chi connectivity index (χ1) is 5.15. The Morgan fingerprint density at radius 2 is 1.91 bits per heavy atom. The molecule has 1 aromatic carbocycles. The zero-order chi connectivity index (χ0) is 8.43. The summed E-state index contributed by atoms with van der Waals surface area (Å²) < 4.78 is 25.4. The van der Waals surface area contributed by atoms with Gasteiger partial charge in [-0.2, -0.15) is 0 Å². The van der Waals surface area contributed by atoms with E-state index in [2.05, 4.69) is 9.24 Å². The number of hydrogen-bond donors (Lipinski definition) is 0. The number of hydrogen-bond acceptors (Lipinski definition) is 0. The van der Waals surface area contributed by atoms with Gasteiger partial charge in [-0.1, -0.05) is 6.92 Å².